The van der Waals surface area contributed by atoms with E-state index in [9.17, 15) is 8.42 Å². The zero-order valence-electron chi connectivity index (χ0n) is 9.73. The van der Waals surface area contributed by atoms with Gasteiger partial charge in [0.05, 0.1) is 4.90 Å². The first kappa shape index (κ1) is 13.6. The molecule has 0 radical (unpaired) electrons. The maximum Gasteiger partial charge on any atom is 0.240 e. The lowest BCUT2D eigenvalue weighted by Crippen LogP contribution is -2.23. The van der Waals surface area contributed by atoms with E-state index >= 15 is 0 Å². The highest BCUT2D eigenvalue weighted by molar-refractivity contribution is 7.89. The van der Waals surface area contributed by atoms with E-state index in [4.69, 9.17) is 6.42 Å². The van der Waals surface area contributed by atoms with Crippen molar-refractivity contribution < 1.29 is 8.42 Å². The molecule has 0 saturated heterocycles. The molecular formula is C12H16N2O2S. The summed E-state index contributed by atoms with van der Waals surface area (Å²) in [5.74, 6) is 2.52. The van der Waals surface area contributed by atoms with Crippen LogP contribution in [-0.4, -0.2) is 21.5 Å². The van der Waals surface area contributed by atoms with E-state index in [1.807, 2.05) is 0 Å². The van der Waals surface area contributed by atoms with Crippen LogP contribution in [0.1, 0.15) is 13.3 Å². The summed E-state index contributed by atoms with van der Waals surface area (Å²) in [5.41, 5.74) is 0.857. The summed E-state index contributed by atoms with van der Waals surface area (Å²) in [6.07, 6.45) is 5.77. The molecule has 0 aliphatic rings. The Kier molecular flexibility index (Phi) is 5.01. The van der Waals surface area contributed by atoms with Gasteiger partial charge in [0.15, 0.2) is 0 Å². The Balaban J connectivity index is 2.72. The SMILES string of the molecule is C#CCCNc1ccc(S(=O)(=O)NCC)cc1. The first-order chi connectivity index (χ1) is 8.10. The Bertz CT molecular complexity index is 486. The third-order valence-electron chi connectivity index (χ3n) is 2.10. The minimum Gasteiger partial charge on any atom is -0.384 e. The molecule has 0 spiro atoms. The third-order valence-corrected chi connectivity index (χ3v) is 3.66. The molecule has 2 N–H and O–H groups in total. The molecule has 0 aromatic heterocycles. The van der Waals surface area contributed by atoms with Gasteiger partial charge in [0.25, 0.3) is 0 Å². The topological polar surface area (TPSA) is 58.2 Å². The van der Waals surface area contributed by atoms with Crippen LogP contribution in [-0.2, 0) is 10.0 Å². The van der Waals surface area contributed by atoms with Gasteiger partial charge < -0.3 is 5.32 Å². The van der Waals surface area contributed by atoms with Gasteiger partial charge in [-0.1, -0.05) is 6.92 Å². The van der Waals surface area contributed by atoms with Gasteiger partial charge in [-0.3, -0.25) is 0 Å². The molecule has 0 amide bonds. The summed E-state index contributed by atoms with van der Waals surface area (Å²) in [4.78, 5) is 0.266. The molecule has 0 unspecified atom stereocenters. The molecule has 0 aliphatic heterocycles. The number of rotatable bonds is 6. The number of anilines is 1. The molecule has 0 saturated carbocycles. The minimum absolute atomic E-state index is 0.266. The summed E-state index contributed by atoms with van der Waals surface area (Å²) in [7, 11) is -3.36. The van der Waals surface area contributed by atoms with Crippen molar-refractivity contribution in [1.82, 2.24) is 4.72 Å². The van der Waals surface area contributed by atoms with Crippen molar-refractivity contribution in [3.05, 3.63) is 24.3 Å². The first-order valence-corrected chi connectivity index (χ1v) is 6.85. The van der Waals surface area contributed by atoms with E-state index in [1.165, 1.54) is 0 Å². The average molecular weight is 252 g/mol. The molecule has 92 valence electrons. The zero-order chi connectivity index (χ0) is 12.7. The van der Waals surface area contributed by atoms with E-state index in [0.717, 1.165) is 5.69 Å². The Morgan fingerprint density at radius 1 is 1.29 bits per heavy atom. The van der Waals surface area contributed by atoms with Crippen LogP contribution in [0.3, 0.4) is 0 Å². The fraction of sp³-hybridized carbons (Fsp3) is 0.333. The second-order valence-corrected chi connectivity index (χ2v) is 5.17. The maximum atomic E-state index is 11.6. The van der Waals surface area contributed by atoms with Gasteiger partial charge in [-0.05, 0) is 24.3 Å². The molecule has 0 aliphatic carbocycles. The Labute approximate surface area is 102 Å². The summed E-state index contributed by atoms with van der Waals surface area (Å²) in [6, 6.07) is 6.58. The van der Waals surface area contributed by atoms with Crippen LogP contribution in [0.15, 0.2) is 29.2 Å². The normalized spacial score (nSPS) is 10.8. The Hall–Kier alpha value is -1.51. The molecule has 1 aromatic rings. The van der Waals surface area contributed by atoms with Gasteiger partial charge in [-0.25, -0.2) is 13.1 Å². The van der Waals surface area contributed by atoms with Crippen LogP contribution in [0.25, 0.3) is 0 Å². The average Bonchev–Trinajstić information content (AvgIpc) is 2.30. The van der Waals surface area contributed by atoms with Gasteiger partial charge in [0.2, 0.25) is 10.0 Å². The van der Waals surface area contributed by atoms with Crippen molar-refractivity contribution in [2.24, 2.45) is 0 Å². The smallest absolute Gasteiger partial charge is 0.240 e. The van der Waals surface area contributed by atoms with Crippen LogP contribution in [0, 0.1) is 12.3 Å². The summed E-state index contributed by atoms with van der Waals surface area (Å²) in [5, 5.41) is 3.10. The fourth-order valence-corrected chi connectivity index (χ4v) is 2.35. The molecule has 1 aromatic carbocycles. The van der Waals surface area contributed by atoms with Gasteiger partial charge in [0.1, 0.15) is 0 Å². The molecular weight excluding hydrogens is 236 g/mol. The molecule has 0 atom stereocenters. The summed E-state index contributed by atoms with van der Waals surface area (Å²) >= 11 is 0. The van der Waals surface area contributed by atoms with Crippen molar-refractivity contribution in [2.75, 3.05) is 18.4 Å². The lowest BCUT2D eigenvalue weighted by molar-refractivity contribution is 0.584. The van der Waals surface area contributed by atoms with Crippen molar-refractivity contribution >= 4 is 15.7 Å². The summed E-state index contributed by atoms with van der Waals surface area (Å²) in [6.45, 7) is 2.80. The predicted octanol–water partition coefficient (Wildman–Crippen LogP) is 1.42. The fourth-order valence-electron chi connectivity index (χ4n) is 1.30. The maximum absolute atomic E-state index is 11.6. The van der Waals surface area contributed by atoms with E-state index in [-0.39, 0.29) is 4.90 Å². The van der Waals surface area contributed by atoms with Gasteiger partial charge >= 0.3 is 0 Å². The van der Waals surface area contributed by atoms with Crippen molar-refractivity contribution in [2.45, 2.75) is 18.2 Å². The second-order valence-electron chi connectivity index (χ2n) is 3.41. The monoisotopic (exact) mass is 252 g/mol. The lowest BCUT2D eigenvalue weighted by atomic mass is 10.3. The van der Waals surface area contributed by atoms with Crippen molar-refractivity contribution in [3.63, 3.8) is 0 Å². The van der Waals surface area contributed by atoms with E-state index < -0.39 is 10.0 Å². The van der Waals surface area contributed by atoms with E-state index in [1.54, 1.807) is 31.2 Å². The molecule has 1 rings (SSSR count). The molecule has 4 nitrogen and oxygen atoms in total. The third kappa shape index (κ3) is 4.10. The highest BCUT2D eigenvalue weighted by Crippen LogP contribution is 2.13. The van der Waals surface area contributed by atoms with Gasteiger partial charge in [0, 0.05) is 25.2 Å². The van der Waals surface area contributed by atoms with Crippen LogP contribution in [0.2, 0.25) is 0 Å². The van der Waals surface area contributed by atoms with Crippen LogP contribution in [0.4, 0.5) is 5.69 Å². The van der Waals surface area contributed by atoms with E-state index in [0.29, 0.717) is 19.5 Å². The number of hydrogen-bond acceptors (Lipinski definition) is 3. The molecule has 0 heterocycles. The number of sulfonamides is 1. The Morgan fingerprint density at radius 2 is 1.94 bits per heavy atom. The van der Waals surface area contributed by atoms with Crippen molar-refractivity contribution in [3.8, 4) is 12.3 Å². The minimum atomic E-state index is -3.36. The number of nitrogens with one attached hydrogen (secondary N) is 2. The molecule has 0 fully saturated rings. The Morgan fingerprint density at radius 3 is 2.47 bits per heavy atom. The van der Waals surface area contributed by atoms with Crippen LogP contribution in [0.5, 0.6) is 0 Å². The summed E-state index contributed by atoms with van der Waals surface area (Å²) < 4.78 is 25.7. The number of terminal acetylenes is 1. The highest BCUT2D eigenvalue weighted by Gasteiger charge is 2.11. The standard InChI is InChI=1S/C12H16N2O2S/c1-3-5-10-13-11-6-8-12(9-7-11)17(15,16)14-4-2/h1,6-9,13-14H,4-5,10H2,2H3. The zero-order valence-corrected chi connectivity index (χ0v) is 10.5. The highest BCUT2D eigenvalue weighted by atomic mass is 32.2. The van der Waals surface area contributed by atoms with Crippen molar-refractivity contribution in [1.29, 1.82) is 0 Å². The van der Waals surface area contributed by atoms with E-state index in [2.05, 4.69) is 16.0 Å². The molecule has 17 heavy (non-hydrogen) atoms. The van der Waals surface area contributed by atoms with Crippen LogP contribution < -0.4 is 10.0 Å². The number of benzene rings is 1. The van der Waals surface area contributed by atoms with Gasteiger partial charge in [-0.15, -0.1) is 12.3 Å². The molecule has 0 bridgehead atoms. The number of hydrogen-bond donors (Lipinski definition) is 2. The lowest BCUT2D eigenvalue weighted by Gasteiger charge is -2.07. The quantitative estimate of drug-likeness (QED) is 0.594. The first-order valence-electron chi connectivity index (χ1n) is 5.37. The van der Waals surface area contributed by atoms with Gasteiger partial charge in [-0.2, -0.15) is 0 Å². The molecule has 5 heteroatoms. The second kappa shape index (κ2) is 6.28. The largest absolute Gasteiger partial charge is 0.384 e. The van der Waals surface area contributed by atoms with Crippen LogP contribution >= 0.6 is 0 Å². The predicted molar refractivity (Wildman–Crippen MR) is 69.2 cm³/mol.